The highest BCUT2D eigenvalue weighted by molar-refractivity contribution is 5.82. The number of nitrogens with one attached hydrogen (secondary N) is 1. The van der Waals surface area contributed by atoms with Crippen LogP contribution in [-0.2, 0) is 17.5 Å². The molecule has 1 N–H and O–H groups in total. The van der Waals surface area contributed by atoms with Crippen molar-refractivity contribution in [1.29, 1.82) is 0 Å². The standard InChI is InChI=1S/C37H34F3N5O2/c1-25(27-11-6-3-7-12-27)42-34-22-29(15-18-41-34)32-23-33(43-44-35(32)30-13-8-14-31(21-30)37(38,39)40)28-16-19-45(20-17-28)36(46)47-24-26-9-4-2-5-10-26/h2-15,18,21-23,25,28H,16-17,19-20,24H2,1H3,(H,41,42). The van der Waals surface area contributed by atoms with Crippen LogP contribution in [-0.4, -0.2) is 39.3 Å². The minimum Gasteiger partial charge on any atom is -0.445 e. The number of ether oxygens (including phenoxy) is 1. The van der Waals surface area contributed by atoms with Gasteiger partial charge in [-0.15, -0.1) is 5.10 Å². The van der Waals surface area contributed by atoms with Crippen molar-refractivity contribution in [2.45, 2.75) is 44.5 Å². The van der Waals surface area contributed by atoms with E-state index in [9.17, 15) is 18.0 Å². The summed E-state index contributed by atoms with van der Waals surface area (Å²) in [5.41, 5.74) is 4.02. The molecule has 240 valence electrons. The second kappa shape index (κ2) is 14.0. The van der Waals surface area contributed by atoms with Crippen molar-refractivity contribution in [2.75, 3.05) is 18.4 Å². The van der Waals surface area contributed by atoms with Gasteiger partial charge in [0.25, 0.3) is 0 Å². The van der Waals surface area contributed by atoms with Crippen LogP contribution in [0.5, 0.6) is 0 Å². The summed E-state index contributed by atoms with van der Waals surface area (Å²) in [4.78, 5) is 18.9. The second-order valence-corrected chi connectivity index (χ2v) is 11.6. The molecule has 2 aromatic heterocycles. The third kappa shape index (κ3) is 7.77. The van der Waals surface area contributed by atoms with Gasteiger partial charge in [-0.2, -0.15) is 18.3 Å². The number of anilines is 1. The molecule has 0 saturated carbocycles. The van der Waals surface area contributed by atoms with Crippen molar-refractivity contribution in [2.24, 2.45) is 0 Å². The fourth-order valence-corrected chi connectivity index (χ4v) is 5.77. The number of hydrogen-bond acceptors (Lipinski definition) is 6. The zero-order valence-corrected chi connectivity index (χ0v) is 25.8. The van der Waals surface area contributed by atoms with Gasteiger partial charge in [-0.1, -0.05) is 72.8 Å². The molecular formula is C37H34F3N5O2. The topological polar surface area (TPSA) is 80.2 Å². The lowest BCUT2D eigenvalue weighted by Crippen LogP contribution is -2.38. The monoisotopic (exact) mass is 637 g/mol. The van der Waals surface area contributed by atoms with Crippen molar-refractivity contribution >= 4 is 11.9 Å². The summed E-state index contributed by atoms with van der Waals surface area (Å²) in [6.07, 6.45) is -1.89. The van der Waals surface area contributed by atoms with Gasteiger partial charge in [0.2, 0.25) is 0 Å². The number of hydrogen-bond donors (Lipinski definition) is 1. The third-order valence-corrected chi connectivity index (χ3v) is 8.39. The van der Waals surface area contributed by atoms with Crippen molar-refractivity contribution in [1.82, 2.24) is 20.1 Å². The van der Waals surface area contributed by atoms with Gasteiger partial charge >= 0.3 is 12.3 Å². The Hall–Kier alpha value is -5.25. The lowest BCUT2D eigenvalue weighted by molar-refractivity contribution is -0.137. The number of benzene rings is 3. The molecule has 1 saturated heterocycles. The van der Waals surface area contributed by atoms with E-state index < -0.39 is 11.7 Å². The smallest absolute Gasteiger partial charge is 0.416 e. The molecule has 1 aliphatic rings. The molecule has 47 heavy (non-hydrogen) atoms. The van der Waals surface area contributed by atoms with Gasteiger partial charge in [0.15, 0.2) is 0 Å². The first-order valence-electron chi connectivity index (χ1n) is 15.5. The molecule has 5 aromatic rings. The molecule has 0 aliphatic carbocycles. The quantitative estimate of drug-likeness (QED) is 0.183. The first-order chi connectivity index (χ1) is 22.7. The van der Waals surface area contributed by atoms with E-state index in [-0.39, 0.29) is 24.7 Å². The first-order valence-corrected chi connectivity index (χ1v) is 15.5. The lowest BCUT2D eigenvalue weighted by atomic mass is 9.91. The highest BCUT2D eigenvalue weighted by atomic mass is 19.4. The molecule has 3 heterocycles. The van der Waals surface area contributed by atoms with E-state index in [1.54, 1.807) is 17.2 Å². The summed E-state index contributed by atoms with van der Waals surface area (Å²) in [6.45, 7) is 3.22. The maximum Gasteiger partial charge on any atom is 0.416 e. The Morgan fingerprint density at radius 3 is 2.34 bits per heavy atom. The molecule has 1 atom stereocenters. The Morgan fingerprint density at radius 1 is 0.894 bits per heavy atom. The number of amides is 1. The van der Waals surface area contributed by atoms with E-state index in [1.165, 1.54) is 6.07 Å². The molecule has 10 heteroatoms. The van der Waals surface area contributed by atoms with Crippen LogP contribution < -0.4 is 5.32 Å². The van der Waals surface area contributed by atoms with Crippen LogP contribution in [0.3, 0.4) is 0 Å². The average molecular weight is 638 g/mol. The number of piperidine rings is 1. The minimum absolute atomic E-state index is 0.00696. The van der Waals surface area contributed by atoms with Crippen LogP contribution in [0.4, 0.5) is 23.8 Å². The lowest BCUT2D eigenvalue weighted by Gasteiger charge is -2.31. The molecule has 3 aromatic carbocycles. The Kier molecular flexibility index (Phi) is 9.47. The molecular weight excluding hydrogens is 603 g/mol. The van der Waals surface area contributed by atoms with E-state index in [0.717, 1.165) is 34.5 Å². The molecule has 1 unspecified atom stereocenters. The zero-order chi connectivity index (χ0) is 32.8. The number of alkyl halides is 3. The van der Waals surface area contributed by atoms with Crippen LogP contribution in [0.15, 0.2) is 109 Å². The predicted molar refractivity (Wildman–Crippen MR) is 174 cm³/mol. The largest absolute Gasteiger partial charge is 0.445 e. The van der Waals surface area contributed by atoms with E-state index in [1.807, 2.05) is 85.8 Å². The number of carbonyl (C=O) groups excluding carboxylic acids is 1. The van der Waals surface area contributed by atoms with E-state index in [4.69, 9.17) is 4.74 Å². The van der Waals surface area contributed by atoms with Crippen molar-refractivity contribution in [3.05, 3.63) is 132 Å². The molecule has 0 radical (unpaired) electrons. The molecule has 6 rings (SSSR count). The molecule has 7 nitrogen and oxygen atoms in total. The van der Waals surface area contributed by atoms with Crippen LogP contribution in [0, 0.1) is 0 Å². The van der Waals surface area contributed by atoms with Gasteiger partial charge in [-0.05, 0) is 66.8 Å². The summed E-state index contributed by atoms with van der Waals surface area (Å²) in [5, 5.41) is 12.5. The van der Waals surface area contributed by atoms with Gasteiger partial charge in [0.1, 0.15) is 18.1 Å². The number of halogens is 3. The van der Waals surface area contributed by atoms with Gasteiger partial charge in [0.05, 0.1) is 11.3 Å². The summed E-state index contributed by atoms with van der Waals surface area (Å²) in [7, 11) is 0. The van der Waals surface area contributed by atoms with Gasteiger partial charge in [-0.25, -0.2) is 9.78 Å². The highest BCUT2D eigenvalue weighted by Crippen LogP contribution is 2.38. The van der Waals surface area contributed by atoms with Gasteiger partial charge in [0, 0.05) is 42.4 Å². The van der Waals surface area contributed by atoms with Crippen molar-refractivity contribution < 1.29 is 22.7 Å². The molecule has 1 amide bonds. The van der Waals surface area contributed by atoms with E-state index in [0.29, 0.717) is 48.6 Å². The van der Waals surface area contributed by atoms with Crippen LogP contribution in [0.2, 0.25) is 0 Å². The van der Waals surface area contributed by atoms with E-state index in [2.05, 4.69) is 20.5 Å². The molecule has 0 bridgehead atoms. The number of aromatic nitrogens is 3. The summed E-state index contributed by atoms with van der Waals surface area (Å²) in [6, 6.07) is 30.2. The number of pyridine rings is 1. The van der Waals surface area contributed by atoms with E-state index >= 15 is 0 Å². The summed E-state index contributed by atoms with van der Waals surface area (Å²) < 4.78 is 46.5. The normalized spacial score (nSPS) is 14.4. The first kappa shape index (κ1) is 31.7. The average Bonchev–Trinajstić information content (AvgIpc) is 3.11. The van der Waals surface area contributed by atoms with Crippen LogP contribution in [0.25, 0.3) is 22.4 Å². The van der Waals surface area contributed by atoms with Crippen LogP contribution in [0.1, 0.15) is 54.1 Å². The zero-order valence-electron chi connectivity index (χ0n) is 25.8. The Morgan fingerprint density at radius 2 is 1.62 bits per heavy atom. The summed E-state index contributed by atoms with van der Waals surface area (Å²) >= 11 is 0. The number of carbonyl (C=O) groups is 1. The predicted octanol–water partition coefficient (Wildman–Crippen LogP) is 8.91. The van der Waals surface area contributed by atoms with Crippen LogP contribution >= 0.6 is 0 Å². The maximum absolute atomic E-state index is 13.7. The summed E-state index contributed by atoms with van der Waals surface area (Å²) in [5.74, 6) is 0.627. The number of nitrogens with zero attached hydrogens (tertiary/aromatic N) is 4. The fourth-order valence-electron chi connectivity index (χ4n) is 5.77. The highest BCUT2D eigenvalue weighted by Gasteiger charge is 2.31. The van der Waals surface area contributed by atoms with Crippen molar-refractivity contribution in [3.8, 4) is 22.4 Å². The van der Waals surface area contributed by atoms with Crippen molar-refractivity contribution in [3.63, 3.8) is 0 Å². The molecule has 1 fully saturated rings. The fraction of sp³-hybridized carbons (Fsp3) is 0.243. The maximum atomic E-state index is 13.7. The minimum atomic E-state index is -4.50. The Bertz CT molecular complexity index is 1810. The Labute approximate surface area is 271 Å². The third-order valence-electron chi connectivity index (χ3n) is 8.39. The SMILES string of the molecule is CC(Nc1cc(-c2cc(C3CCN(C(=O)OCc4ccccc4)CC3)nnc2-c2cccc(C(F)(F)F)c2)ccn1)c1ccccc1. The van der Waals surface area contributed by atoms with Gasteiger partial charge < -0.3 is 15.0 Å². The molecule has 0 spiro atoms. The number of likely N-dealkylation sites (tertiary alicyclic amines) is 1. The Balaban J connectivity index is 1.26. The molecule has 1 aliphatic heterocycles. The second-order valence-electron chi connectivity index (χ2n) is 11.6. The number of rotatable bonds is 8. The van der Waals surface area contributed by atoms with Gasteiger partial charge in [-0.3, -0.25) is 0 Å².